The first kappa shape index (κ1) is 14.1. The van der Waals surface area contributed by atoms with Crippen LogP contribution in [-0.2, 0) is 4.74 Å². The van der Waals surface area contributed by atoms with Crippen molar-refractivity contribution in [3.63, 3.8) is 0 Å². The summed E-state index contributed by atoms with van der Waals surface area (Å²) in [6.45, 7) is 5.29. The maximum Gasteiger partial charge on any atom is 0.192 e. The van der Waals surface area contributed by atoms with Gasteiger partial charge in [0.1, 0.15) is 11.3 Å². The average molecular weight is 289 g/mol. The molecule has 0 atom stereocenters. The maximum absolute atomic E-state index is 11.7. The van der Waals surface area contributed by atoms with Gasteiger partial charge in [0, 0.05) is 25.7 Å². The Morgan fingerprint density at radius 1 is 1.19 bits per heavy atom. The van der Waals surface area contributed by atoms with E-state index in [0.29, 0.717) is 23.3 Å². The summed E-state index contributed by atoms with van der Waals surface area (Å²) in [7, 11) is 0. The van der Waals surface area contributed by atoms with E-state index >= 15 is 0 Å². The van der Waals surface area contributed by atoms with Crippen LogP contribution in [0.3, 0.4) is 0 Å². The quantitative estimate of drug-likeness (QED) is 0.787. The summed E-state index contributed by atoms with van der Waals surface area (Å²) < 4.78 is 16.3. The number of nitrogens with zero attached hydrogens (tertiary/aromatic N) is 1. The van der Waals surface area contributed by atoms with E-state index in [4.69, 9.17) is 13.9 Å². The Balaban J connectivity index is 1.53. The monoisotopic (exact) mass is 289 g/mol. The van der Waals surface area contributed by atoms with Crippen LogP contribution in [0.15, 0.2) is 39.7 Å². The fourth-order valence-electron chi connectivity index (χ4n) is 2.46. The predicted octanol–water partition coefficient (Wildman–Crippen LogP) is 1.89. The molecular formula is C16H19NO4. The molecule has 0 radical (unpaired) electrons. The van der Waals surface area contributed by atoms with Crippen molar-refractivity contribution in [2.45, 2.75) is 6.42 Å². The summed E-state index contributed by atoms with van der Waals surface area (Å²) in [5.74, 6) is 0.711. The van der Waals surface area contributed by atoms with Crippen LogP contribution in [0.4, 0.5) is 0 Å². The first-order valence-electron chi connectivity index (χ1n) is 7.27. The van der Waals surface area contributed by atoms with Crippen LogP contribution in [0.2, 0.25) is 0 Å². The molecule has 5 nitrogen and oxygen atoms in total. The third kappa shape index (κ3) is 3.62. The van der Waals surface area contributed by atoms with Crippen molar-refractivity contribution >= 4 is 11.0 Å². The van der Waals surface area contributed by atoms with Crippen molar-refractivity contribution in [3.8, 4) is 5.75 Å². The highest BCUT2D eigenvalue weighted by atomic mass is 16.5. The molecule has 112 valence electrons. The fraction of sp³-hybridized carbons (Fsp3) is 0.438. The van der Waals surface area contributed by atoms with Crippen molar-refractivity contribution in [1.29, 1.82) is 0 Å². The van der Waals surface area contributed by atoms with Gasteiger partial charge in [-0.2, -0.15) is 0 Å². The van der Waals surface area contributed by atoms with Crippen molar-refractivity contribution < 1.29 is 13.9 Å². The largest absolute Gasteiger partial charge is 0.494 e. The second-order valence-electron chi connectivity index (χ2n) is 5.10. The zero-order valence-electron chi connectivity index (χ0n) is 11.9. The lowest BCUT2D eigenvalue weighted by Crippen LogP contribution is -2.37. The minimum Gasteiger partial charge on any atom is -0.494 e. The number of rotatable bonds is 5. The van der Waals surface area contributed by atoms with Gasteiger partial charge in [-0.25, -0.2) is 0 Å². The van der Waals surface area contributed by atoms with E-state index in [1.54, 1.807) is 12.1 Å². The van der Waals surface area contributed by atoms with Gasteiger partial charge < -0.3 is 13.9 Å². The lowest BCUT2D eigenvalue weighted by atomic mass is 10.2. The van der Waals surface area contributed by atoms with Gasteiger partial charge in [-0.1, -0.05) is 0 Å². The molecule has 2 aromatic rings. The molecule has 1 aliphatic heterocycles. The highest BCUT2D eigenvalue weighted by molar-refractivity contribution is 5.77. The molecule has 2 heterocycles. The third-order valence-electron chi connectivity index (χ3n) is 3.62. The van der Waals surface area contributed by atoms with Crippen molar-refractivity contribution in [2.24, 2.45) is 0 Å². The molecule has 0 unspecified atom stereocenters. The smallest absolute Gasteiger partial charge is 0.192 e. The van der Waals surface area contributed by atoms with Crippen LogP contribution in [0.5, 0.6) is 5.75 Å². The number of fused-ring (bicyclic) bond motifs is 1. The first-order chi connectivity index (χ1) is 10.3. The molecule has 0 saturated carbocycles. The average Bonchev–Trinajstić information content (AvgIpc) is 2.53. The van der Waals surface area contributed by atoms with Crippen LogP contribution < -0.4 is 10.2 Å². The maximum atomic E-state index is 11.7. The zero-order chi connectivity index (χ0) is 14.5. The molecule has 1 aromatic heterocycles. The molecule has 0 bridgehead atoms. The molecule has 0 aliphatic carbocycles. The summed E-state index contributed by atoms with van der Waals surface area (Å²) in [6, 6.07) is 6.77. The van der Waals surface area contributed by atoms with E-state index in [1.165, 1.54) is 12.3 Å². The Kier molecular flexibility index (Phi) is 4.52. The Labute approximate surface area is 123 Å². The van der Waals surface area contributed by atoms with E-state index in [2.05, 4.69) is 4.90 Å². The molecule has 1 saturated heterocycles. The predicted molar refractivity (Wildman–Crippen MR) is 79.9 cm³/mol. The van der Waals surface area contributed by atoms with Gasteiger partial charge in [-0.05, 0) is 24.6 Å². The van der Waals surface area contributed by atoms with Crippen molar-refractivity contribution in [2.75, 3.05) is 39.5 Å². The topological polar surface area (TPSA) is 51.9 Å². The van der Waals surface area contributed by atoms with E-state index in [1.807, 2.05) is 6.07 Å². The van der Waals surface area contributed by atoms with Crippen LogP contribution in [0.1, 0.15) is 6.42 Å². The summed E-state index contributed by atoms with van der Waals surface area (Å²) >= 11 is 0. The fourth-order valence-corrected chi connectivity index (χ4v) is 2.46. The SMILES string of the molecule is O=c1ccoc2ccc(OCCCN3CCOCC3)cc12. The normalized spacial score (nSPS) is 16.2. The van der Waals surface area contributed by atoms with Gasteiger partial charge in [0.2, 0.25) is 0 Å². The van der Waals surface area contributed by atoms with Gasteiger partial charge in [-0.15, -0.1) is 0 Å². The Morgan fingerprint density at radius 3 is 2.90 bits per heavy atom. The molecule has 0 N–H and O–H groups in total. The second kappa shape index (κ2) is 6.74. The highest BCUT2D eigenvalue weighted by Gasteiger charge is 2.09. The molecule has 1 aliphatic rings. The lowest BCUT2D eigenvalue weighted by Gasteiger charge is -2.26. The standard InChI is InChI=1S/C16H19NO4/c18-15-4-9-21-16-3-2-13(12-14(15)16)20-8-1-5-17-6-10-19-11-7-17/h2-4,9,12H,1,5-8,10-11H2. The highest BCUT2D eigenvalue weighted by Crippen LogP contribution is 2.18. The van der Waals surface area contributed by atoms with E-state index < -0.39 is 0 Å². The number of hydrogen-bond acceptors (Lipinski definition) is 5. The van der Waals surface area contributed by atoms with Gasteiger partial charge >= 0.3 is 0 Å². The molecule has 1 fully saturated rings. The molecule has 0 spiro atoms. The number of ether oxygens (including phenoxy) is 2. The lowest BCUT2D eigenvalue weighted by molar-refractivity contribution is 0.0358. The van der Waals surface area contributed by atoms with Gasteiger partial charge in [-0.3, -0.25) is 9.69 Å². The molecule has 3 rings (SSSR count). The molecule has 5 heteroatoms. The van der Waals surface area contributed by atoms with Gasteiger partial charge in [0.15, 0.2) is 5.43 Å². The molecule has 0 amide bonds. The minimum atomic E-state index is -0.0463. The third-order valence-corrected chi connectivity index (χ3v) is 3.62. The Bertz CT molecular complexity index is 646. The van der Waals surface area contributed by atoms with Crippen LogP contribution >= 0.6 is 0 Å². The zero-order valence-corrected chi connectivity index (χ0v) is 11.9. The van der Waals surface area contributed by atoms with E-state index in [9.17, 15) is 4.79 Å². The summed E-state index contributed by atoms with van der Waals surface area (Å²) in [5, 5.41) is 0.558. The second-order valence-corrected chi connectivity index (χ2v) is 5.10. The van der Waals surface area contributed by atoms with Crippen LogP contribution in [0, 0.1) is 0 Å². The number of morpholine rings is 1. The van der Waals surface area contributed by atoms with Gasteiger partial charge in [0.25, 0.3) is 0 Å². The summed E-state index contributed by atoms with van der Waals surface area (Å²) in [5.41, 5.74) is 0.540. The molecular weight excluding hydrogens is 270 g/mol. The van der Waals surface area contributed by atoms with Crippen LogP contribution in [0.25, 0.3) is 11.0 Å². The Morgan fingerprint density at radius 2 is 2.05 bits per heavy atom. The van der Waals surface area contributed by atoms with E-state index in [0.717, 1.165) is 39.3 Å². The van der Waals surface area contributed by atoms with Crippen LogP contribution in [-0.4, -0.2) is 44.4 Å². The summed E-state index contributed by atoms with van der Waals surface area (Å²) in [4.78, 5) is 14.1. The van der Waals surface area contributed by atoms with E-state index in [-0.39, 0.29) is 5.43 Å². The number of hydrogen-bond donors (Lipinski definition) is 0. The molecule has 21 heavy (non-hydrogen) atoms. The van der Waals surface area contributed by atoms with Crippen molar-refractivity contribution in [3.05, 3.63) is 40.8 Å². The van der Waals surface area contributed by atoms with Crippen molar-refractivity contribution in [1.82, 2.24) is 4.90 Å². The number of benzene rings is 1. The summed E-state index contributed by atoms with van der Waals surface area (Å²) in [6.07, 6.45) is 2.37. The van der Waals surface area contributed by atoms with Gasteiger partial charge in [0.05, 0.1) is 31.5 Å². The Hall–Kier alpha value is -1.85. The first-order valence-corrected chi connectivity index (χ1v) is 7.27. The minimum absolute atomic E-state index is 0.0463. The molecule has 1 aromatic carbocycles.